The van der Waals surface area contributed by atoms with E-state index >= 15 is 0 Å². The van der Waals surface area contributed by atoms with Crippen molar-refractivity contribution in [2.24, 2.45) is 5.41 Å². The number of imidazole rings is 1. The molecule has 7 heteroatoms. The lowest BCUT2D eigenvalue weighted by molar-refractivity contribution is -0.124. The Morgan fingerprint density at radius 2 is 1.93 bits per heavy atom. The molecule has 1 spiro atoms. The molecule has 7 nitrogen and oxygen atoms in total. The van der Waals surface area contributed by atoms with Crippen LogP contribution in [0.1, 0.15) is 38.3 Å². The van der Waals surface area contributed by atoms with Crippen LogP contribution in [0.2, 0.25) is 0 Å². The number of hydrogen-bond acceptors (Lipinski definition) is 5. The second-order valence-corrected chi connectivity index (χ2v) is 9.11. The van der Waals surface area contributed by atoms with Gasteiger partial charge in [0, 0.05) is 35.1 Å². The third-order valence-electron chi connectivity index (χ3n) is 6.77. The third-order valence-corrected chi connectivity index (χ3v) is 6.77. The quantitative estimate of drug-likeness (QED) is 0.561. The molecule has 2 saturated heterocycles. The van der Waals surface area contributed by atoms with Crippen LogP contribution in [-0.2, 0) is 4.74 Å². The predicted molar refractivity (Wildman–Crippen MR) is 117 cm³/mol. The summed E-state index contributed by atoms with van der Waals surface area (Å²) in [6.07, 6.45) is 4.27. The molecule has 4 aromatic rings. The highest BCUT2D eigenvalue weighted by Gasteiger charge is 2.41. The maximum atomic E-state index is 5.46. The molecule has 0 aliphatic carbocycles. The zero-order chi connectivity index (χ0) is 20.3. The van der Waals surface area contributed by atoms with Gasteiger partial charge in [0.1, 0.15) is 5.82 Å². The van der Waals surface area contributed by atoms with Crippen molar-refractivity contribution in [2.75, 3.05) is 31.2 Å². The second kappa shape index (κ2) is 6.54. The Morgan fingerprint density at radius 3 is 2.67 bits per heavy atom. The van der Waals surface area contributed by atoms with Crippen LogP contribution in [-0.4, -0.2) is 51.1 Å². The minimum absolute atomic E-state index is 0.389. The van der Waals surface area contributed by atoms with Gasteiger partial charge in [0.15, 0.2) is 5.65 Å². The zero-order valence-corrected chi connectivity index (χ0v) is 17.4. The van der Waals surface area contributed by atoms with E-state index in [0.29, 0.717) is 11.3 Å². The van der Waals surface area contributed by atoms with E-state index in [0.717, 1.165) is 65.6 Å². The lowest BCUT2D eigenvalue weighted by atomic mass is 9.77. The van der Waals surface area contributed by atoms with Crippen molar-refractivity contribution in [2.45, 2.75) is 32.6 Å². The van der Waals surface area contributed by atoms with Crippen molar-refractivity contribution in [3.05, 3.63) is 42.2 Å². The highest BCUT2D eigenvalue weighted by molar-refractivity contribution is 5.86. The van der Waals surface area contributed by atoms with Gasteiger partial charge in [0.05, 0.1) is 30.6 Å². The van der Waals surface area contributed by atoms with E-state index in [-0.39, 0.29) is 0 Å². The van der Waals surface area contributed by atoms with Crippen LogP contribution in [0.15, 0.2) is 36.5 Å². The maximum absolute atomic E-state index is 5.46. The first kappa shape index (κ1) is 17.9. The van der Waals surface area contributed by atoms with Gasteiger partial charge in [-0.3, -0.25) is 5.10 Å². The number of hydrogen-bond donors (Lipinski definition) is 1. The Morgan fingerprint density at radius 1 is 1.10 bits per heavy atom. The number of benzene rings is 1. The fourth-order valence-corrected chi connectivity index (χ4v) is 4.75. The summed E-state index contributed by atoms with van der Waals surface area (Å²) in [6.45, 7) is 8.28. The molecule has 2 aliphatic heterocycles. The summed E-state index contributed by atoms with van der Waals surface area (Å²) in [7, 11) is 0. The molecule has 0 saturated carbocycles. The van der Waals surface area contributed by atoms with Crippen molar-refractivity contribution in [1.29, 1.82) is 0 Å². The Balaban J connectivity index is 1.37. The zero-order valence-electron chi connectivity index (χ0n) is 17.4. The smallest absolute Gasteiger partial charge is 0.154 e. The molecule has 0 bridgehead atoms. The molecule has 154 valence electrons. The fraction of sp³-hybridized carbons (Fsp3) is 0.435. The van der Waals surface area contributed by atoms with Crippen LogP contribution in [0.5, 0.6) is 0 Å². The normalized spacial score (nSPS) is 18.6. The largest absolute Gasteiger partial charge is 0.380 e. The molecule has 0 atom stereocenters. The van der Waals surface area contributed by atoms with Gasteiger partial charge in [-0.2, -0.15) is 5.10 Å². The molecule has 2 aliphatic rings. The van der Waals surface area contributed by atoms with Gasteiger partial charge in [-0.1, -0.05) is 19.9 Å². The summed E-state index contributed by atoms with van der Waals surface area (Å²) in [5, 5.41) is 13.8. The van der Waals surface area contributed by atoms with E-state index in [1.807, 2.05) is 10.7 Å². The summed E-state index contributed by atoms with van der Waals surface area (Å²) in [5.41, 5.74) is 5.56. The van der Waals surface area contributed by atoms with E-state index in [9.17, 15) is 0 Å². The topological polar surface area (TPSA) is 71.3 Å². The Bertz CT molecular complexity index is 1230. The molecule has 1 N–H and O–H groups in total. The molecule has 0 radical (unpaired) electrons. The van der Waals surface area contributed by atoms with Crippen molar-refractivity contribution >= 4 is 22.4 Å². The number of aromatic amines is 1. The van der Waals surface area contributed by atoms with Crippen molar-refractivity contribution < 1.29 is 4.74 Å². The van der Waals surface area contributed by atoms with Crippen LogP contribution < -0.4 is 4.90 Å². The van der Waals surface area contributed by atoms with Gasteiger partial charge < -0.3 is 9.64 Å². The first-order chi connectivity index (χ1) is 14.6. The van der Waals surface area contributed by atoms with E-state index in [1.165, 1.54) is 12.8 Å². The average molecular weight is 403 g/mol. The fourth-order valence-electron chi connectivity index (χ4n) is 4.75. The molecule has 6 rings (SSSR count). The molecular weight excluding hydrogens is 376 g/mol. The standard InChI is InChI=1S/C23H26N6O/c1-15(2)22-17-11-16(3-4-18(17)25-26-22)19-12-24-20-5-6-21(27-29(19)20)28-9-7-23(8-10-28)13-30-14-23/h3-6,11-12,15H,7-10,13-14H2,1-2H3,(H,25,26). The molecule has 5 heterocycles. The van der Waals surface area contributed by atoms with E-state index in [4.69, 9.17) is 9.84 Å². The lowest BCUT2D eigenvalue weighted by Gasteiger charge is -2.47. The molecule has 30 heavy (non-hydrogen) atoms. The molecule has 2 fully saturated rings. The van der Waals surface area contributed by atoms with Gasteiger partial charge in [0.2, 0.25) is 0 Å². The average Bonchev–Trinajstić information content (AvgIpc) is 3.36. The van der Waals surface area contributed by atoms with Crippen LogP contribution in [0.25, 0.3) is 27.8 Å². The van der Waals surface area contributed by atoms with Crippen LogP contribution in [0, 0.1) is 5.41 Å². The summed E-state index contributed by atoms with van der Waals surface area (Å²) in [5.74, 6) is 1.41. The number of piperidine rings is 1. The maximum Gasteiger partial charge on any atom is 0.154 e. The van der Waals surface area contributed by atoms with E-state index in [1.54, 1.807) is 0 Å². The number of fused-ring (bicyclic) bond motifs is 2. The Kier molecular flexibility index (Phi) is 3.90. The molecule has 3 aromatic heterocycles. The van der Waals surface area contributed by atoms with Crippen molar-refractivity contribution in [3.63, 3.8) is 0 Å². The SMILES string of the molecule is CC(C)c1[nH]nc2ccc(-c3cnc4ccc(N5CCC6(CC5)COC6)nn34)cc12. The van der Waals surface area contributed by atoms with Crippen LogP contribution in [0.4, 0.5) is 5.82 Å². The highest BCUT2D eigenvalue weighted by Crippen LogP contribution is 2.39. The number of anilines is 1. The summed E-state index contributed by atoms with van der Waals surface area (Å²) < 4.78 is 7.44. The number of nitrogens with one attached hydrogen (secondary N) is 1. The number of H-pyrrole nitrogens is 1. The Labute approximate surface area is 175 Å². The van der Waals surface area contributed by atoms with Crippen molar-refractivity contribution in [3.8, 4) is 11.3 Å². The van der Waals surface area contributed by atoms with Crippen LogP contribution in [0.3, 0.4) is 0 Å². The summed E-state index contributed by atoms with van der Waals surface area (Å²) in [6, 6.07) is 10.5. The minimum atomic E-state index is 0.389. The van der Waals surface area contributed by atoms with Gasteiger partial charge in [-0.15, -0.1) is 5.10 Å². The predicted octanol–water partition coefficient (Wildman–Crippen LogP) is 4.01. The van der Waals surface area contributed by atoms with Gasteiger partial charge in [-0.05, 0) is 43.0 Å². The second-order valence-electron chi connectivity index (χ2n) is 9.11. The summed E-state index contributed by atoms with van der Waals surface area (Å²) in [4.78, 5) is 6.99. The molecule has 1 aromatic carbocycles. The van der Waals surface area contributed by atoms with Crippen LogP contribution >= 0.6 is 0 Å². The third kappa shape index (κ3) is 2.72. The number of aromatic nitrogens is 5. The Hall–Kier alpha value is -2.93. The van der Waals surface area contributed by atoms with E-state index in [2.05, 4.69) is 64.3 Å². The van der Waals surface area contributed by atoms with E-state index < -0.39 is 0 Å². The molecule has 0 unspecified atom stereocenters. The van der Waals surface area contributed by atoms with Gasteiger partial charge >= 0.3 is 0 Å². The molecular formula is C23H26N6O. The highest BCUT2D eigenvalue weighted by atomic mass is 16.5. The first-order valence-electron chi connectivity index (χ1n) is 10.8. The van der Waals surface area contributed by atoms with Crippen molar-refractivity contribution in [1.82, 2.24) is 24.8 Å². The summed E-state index contributed by atoms with van der Waals surface area (Å²) >= 11 is 0. The number of nitrogens with zero attached hydrogens (tertiary/aromatic N) is 5. The van der Waals surface area contributed by atoms with Gasteiger partial charge in [-0.25, -0.2) is 9.50 Å². The molecule has 0 amide bonds. The minimum Gasteiger partial charge on any atom is -0.380 e. The lowest BCUT2D eigenvalue weighted by Crippen LogP contribution is -2.51. The number of ether oxygens (including phenoxy) is 1. The monoisotopic (exact) mass is 402 g/mol. The number of rotatable bonds is 3. The van der Waals surface area contributed by atoms with Gasteiger partial charge in [0.25, 0.3) is 0 Å². The first-order valence-corrected chi connectivity index (χ1v) is 10.8.